The van der Waals surface area contributed by atoms with E-state index < -0.39 is 0 Å². The van der Waals surface area contributed by atoms with Gasteiger partial charge in [0.25, 0.3) is 11.8 Å². The number of nitrogens with one attached hydrogen (secondary N) is 2. The molecule has 136 valence electrons. The normalized spacial score (nSPS) is 14.7. The van der Waals surface area contributed by atoms with Gasteiger partial charge in [0.05, 0.1) is 0 Å². The minimum Gasteiger partial charge on any atom is -0.349 e. The van der Waals surface area contributed by atoms with Gasteiger partial charge in [-0.3, -0.25) is 14.6 Å². The van der Waals surface area contributed by atoms with E-state index in [1.165, 1.54) is 12.6 Å². The molecule has 0 radical (unpaired) electrons. The first-order valence-electron chi connectivity index (χ1n) is 9.33. The number of para-hydroxylation sites is 1. The van der Waals surface area contributed by atoms with Crippen LogP contribution in [-0.4, -0.2) is 22.8 Å². The zero-order valence-corrected chi connectivity index (χ0v) is 15.1. The molecule has 1 aliphatic rings. The molecule has 5 heteroatoms. The third-order valence-electron chi connectivity index (χ3n) is 4.84. The highest BCUT2D eigenvalue weighted by atomic mass is 16.2. The Hall–Kier alpha value is -2.69. The van der Waals surface area contributed by atoms with Crippen LogP contribution in [0.25, 0.3) is 0 Å². The third-order valence-corrected chi connectivity index (χ3v) is 4.84. The Morgan fingerprint density at radius 1 is 1.08 bits per heavy atom. The van der Waals surface area contributed by atoms with Crippen LogP contribution in [0, 0.1) is 0 Å². The maximum absolute atomic E-state index is 12.5. The molecule has 1 fully saturated rings. The lowest BCUT2D eigenvalue weighted by Crippen LogP contribution is -2.36. The second-order valence-corrected chi connectivity index (χ2v) is 6.70. The molecule has 1 saturated carbocycles. The number of nitrogens with zero attached hydrogens (tertiary/aromatic N) is 1. The molecule has 2 N–H and O–H groups in total. The number of hydrogen-bond acceptors (Lipinski definition) is 3. The maximum Gasteiger partial charge on any atom is 0.274 e. The van der Waals surface area contributed by atoms with Crippen molar-refractivity contribution in [2.75, 3.05) is 5.32 Å². The van der Waals surface area contributed by atoms with Gasteiger partial charge in [-0.2, -0.15) is 0 Å². The summed E-state index contributed by atoms with van der Waals surface area (Å²) in [6.07, 6.45) is 7.95. The molecule has 0 unspecified atom stereocenters. The van der Waals surface area contributed by atoms with E-state index in [-0.39, 0.29) is 23.6 Å². The van der Waals surface area contributed by atoms with Gasteiger partial charge in [-0.25, -0.2) is 0 Å². The molecule has 3 rings (SSSR count). The highest BCUT2D eigenvalue weighted by molar-refractivity contribution is 6.05. The van der Waals surface area contributed by atoms with E-state index in [1.54, 1.807) is 12.1 Å². The quantitative estimate of drug-likeness (QED) is 0.856. The van der Waals surface area contributed by atoms with Crippen molar-refractivity contribution < 1.29 is 9.59 Å². The van der Waals surface area contributed by atoms with Crippen LogP contribution in [-0.2, 0) is 6.42 Å². The number of benzene rings is 1. The highest BCUT2D eigenvalue weighted by Crippen LogP contribution is 2.19. The van der Waals surface area contributed by atoms with Gasteiger partial charge in [0, 0.05) is 23.5 Å². The van der Waals surface area contributed by atoms with Gasteiger partial charge in [-0.1, -0.05) is 44.4 Å². The summed E-state index contributed by atoms with van der Waals surface area (Å²) in [6.45, 7) is 2.04. The van der Waals surface area contributed by atoms with E-state index in [0.717, 1.165) is 43.4 Å². The monoisotopic (exact) mass is 351 g/mol. The standard InChI is InChI=1S/C21H25N3O2/c1-2-15-8-6-7-11-18(15)24-21(26)19-14-16(12-13-22-19)20(25)23-17-9-4-3-5-10-17/h6-8,11-14,17H,2-5,9-10H2,1H3,(H,23,25)(H,24,26). The summed E-state index contributed by atoms with van der Waals surface area (Å²) in [6, 6.07) is 11.1. The summed E-state index contributed by atoms with van der Waals surface area (Å²) in [7, 11) is 0. The fourth-order valence-electron chi connectivity index (χ4n) is 3.35. The van der Waals surface area contributed by atoms with Gasteiger partial charge in [0.2, 0.25) is 0 Å². The lowest BCUT2D eigenvalue weighted by Gasteiger charge is -2.22. The van der Waals surface area contributed by atoms with Crippen molar-refractivity contribution in [3.63, 3.8) is 0 Å². The van der Waals surface area contributed by atoms with Crippen LogP contribution in [0.5, 0.6) is 0 Å². The molecule has 0 atom stereocenters. The summed E-state index contributed by atoms with van der Waals surface area (Å²) in [5.74, 6) is -0.444. The SMILES string of the molecule is CCc1ccccc1NC(=O)c1cc(C(=O)NC2CCCCC2)ccn1. The molecule has 0 spiro atoms. The Kier molecular flexibility index (Phi) is 6.00. The van der Waals surface area contributed by atoms with Crippen molar-refractivity contribution in [2.45, 2.75) is 51.5 Å². The number of rotatable bonds is 5. The molecule has 2 aromatic rings. The van der Waals surface area contributed by atoms with Crippen LogP contribution < -0.4 is 10.6 Å². The minimum absolute atomic E-state index is 0.137. The maximum atomic E-state index is 12.5. The molecule has 1 aliphatic carbocycles. The van der Waals surface area contributed by atoms with Crippen molar-refractivity contribution in [1.82, 2.24) is 10.3 Å². The summed E-state index contributed by atoms with van der Waals surface area (Å²) in [5, 5.41) is 5.96. The van der Waals surface area contributed by atoms with Crippen LogP contribution >= 0.6 is 0 Å². The van der Waals surface area contributed by atoms with E-state index >= 15 is 0 Å². The Labute approximate surface area is 154 Å². The van der Waals surface area contributed by atoms with Crippen LogP contribution in [0.2, 0.25) is 0 Å². The first-order chi connectivity index (χ1) is 12.7. The second-order valence-electron chi connectivity index (χ2n) is 6.70. The molecular weight excluding hydrogens is 326 g/mol. The van der Waals surface area contributed by atoms with Gasteiger partial charge >= 0.3 is 0 Å². The van der Waals surface area contributed by atoms with E-state index in [1.807, 2.05) is 31.2 Å². The molecule has 0 saturated heterocycles. The smallest absolute Gasteiger partial charge is 0.274 e. The van der Waals surface area contributed by atoms with Crippen molar-refractivity contribution >= 4 is 17.5 Å². The Morgan fingerprint density at radius 2 is 1.85 bits per heavy atom. The number of amides is 2. The Balaban J connectivity index is 1.69. The average molecular weight is 351 g/mol. The van der Waals surface area contributed by atoms with Gasteiger partial charge in [-0.05, 0) is 43.0 Å². The van der Waals surface area contributed by atoms with Crippen molar-refractivity contribution in [3.8, 4) is 0 Å². The summed E-state index contributed by atoms with van der Waals surface area (Å²) < 4.78 is 0. The summed E-state index contributed by atoms with van der Waals surface area (Å²) >= 11 is 0. The van der Waals surface area contributed by atoms with E-state index in [4.69, 9.17) is 0 Å². The topological polar surface area (TPSA) is 71.1 Å². The predicted octanol–water partition coefficient (Wildman–Crippen LogP) is 3.96. The van der Waals surface area contributed by atoms with Gasteiger partial charge in [0.1, 0.15) is 5.69 Å². The molecule has 0 aliphatic heterocycles. The number of pyridine rings is 1. The second kappa shape index (κ2) is 8.61. The van der Waals surface area contributed by atoms with E-state index in [2.05, 4.69) is 15.6 Å². The molecule has 1 heterocycles. The van der Waals surface area contributed by atoms with Crippen molar-refractivity contribution in [3.05, 3.63) is 59.4 Å². The van der Waals surface area contributed by atoms with E-state index in [9.17, 15) is 9.59 Å². The first-order valence-corrected chi connectivity index (χ1v) is 9.33. The van der Waals surface area contributed by atoms with E-state index in [0.29, 0.717) is 5.56 Å². The Morgan fingerprint density at radius 3 is 2.62 bits per heavy atom. The molecule has 2 amide bonds. The predicted molar refractivity (Wildman–Crippen MR) is 102 cm³/mol. The largest absolute Gasteiger partial charge is 0.349 e. The fourth-order valence-corrected chi connectivity index (χ4v) is 3.35. The zero-order valence-electron chi connectivity index (χ0n) is 15.1. The molecule has 1 aromatic heterocycles. The fraction of sp³-hybridized carbons (Fsp3) is 0.381. The molecular formula is C21H25N3O2. The number of aryl methyl sites for hydroxylation is 1. The highest BCUT2D eigenvalue weighted by Gasteiger charge is 2.18. The Bertz CT molecular complexity index is 782. The van der Waals surface area contributed by atoms with Gasteiger partial charge in [0.15, 0.2) is 0 Å². The minimum atomic E-state index is -0.307. The van der Waals surface area contributed by atoms with Crippen LogP contribution in [0.15, 0.2) is 42.6 Å². The lowest BCUT2D eigenvalue weighted by atomic mass is 9.95. The summed E-state index contributed by atoms with van der Waals surface area (Å²) in [4.78, 5) is 29.1. The molecule has 5 nitrogen and oxygen atoms in total. The summed E-state index contributed by atoms with van der Waals surface area (Å²) in [5.41, 5.74) is 2.55. The van der Waals surface area contributed by atoms with Crippen molar-refractivity contribution in [1.29, 1.82) is 0 Å². The number of carbonyl (C=O) groups is 2. The number of anilines is 1. The number of hydrogen-bond donors (Lipinski definition) is 2. The van der Waals surface area contributed by atoms with Crippen LogP contribution in [0.1, 0.15) is 65.4 Å². The molecule has 26 heavy (non-hydrogen) atoms. The molecule has 1 aromatic carbocycles. The van der Waals surface area contributed by atoms with Crippen LogP contribution in [0.3, 0.4) is 0 Å². The first kappa shape index (κ1) is 18.1. The number of aromatic nitrogens is 1. The third kappa shape index (κ3) is 4.48. The van der Waals surface area contributed by atoms with Gasteiger partial charge < -0.3 is 10.6 Å². The lowest BCUT2D eigenvalue weighted by molar-refractivity contribution is 0.0927. The van der Waals surface area contributed by atoms with Gasteiger partial charge in [-0.15, -0.1) is 0 Å². The zero-order chi connectivity index (χ0) is 18.4. The molecule has 0 bridgehead atoms. The number of carbonyl (C=O) groups excluding carboxylic acids is 2. The average Bonchev–Trinajstić information content (AvgIpc) is 2.69. The van der Waals surface area contributed by atoms with Crippen LogP contribution in [0.4, 0.5) is 5.69 Å². The van der Waals surface area contributed by atoms with Crippen molar-refractivity contribution in [2.24, 2.45) is 0 Å².